The number of nitrogens with one attached hydrogen (secondary N) is 1. The molecule has 0 aliphatic heterocycles. The highest BCUT2D eigenvalue weighted by Crippen LogP contribution is 2.21. The fourth-order valence-electron chi connectivity index (χ4n) is 5.48. The maximum Gasteiger partial charge on any atom is 0.279 e. The highest BCUT2D eigenvalue weighted by molar-refractivity contribution is 5.93. The van der Waals surface area contributed by atoms with Crippen LogP contribution in [-0.2, 0) is 16.1 Å². The Balaban J connectivity index is 0.000000440. The number of benzene rings is 2. The number of nitrogens with zero attached hydrogens (tertiary/aromatic N) is 1. The number of aryl methyl sites for hydroxylation is 2. The second-order valence-corrected chi connectivity index (χ2v) is 12.0. The quantitative estimate of drug-likeness (QED) is 0.119. The smallest absolute Gasteiger partial charge is 0.279 e. The average molecular weight is 581 g/mol. The van der Waals surface area contributed by atoms with Gasteiger partial charge in [0.25, 0.3) is 5.91 Å². The van der Waals surface area contributed by atoms with E-state index in [1.807, 2.05) is 38.1 Å². The van der Waals surface area contributed by atoms with Crippen LogP contribution < -0.4 is 10.4 Å². The third-order valence-electron chi connectivity index (χ3n) is 8.41. The number of quaternary nitrogens is 1. The molecule has 0 saturated heterocycles. The summed E-state index contributed by atoms with van der Waals surface area (Å²) in [7, 11) is 0. The fraction of sp³-hybridized carbons (Fsp3) is 0.622. The number of unbranched alkanes of at least 4 members (excludes halogenated alkanes) is 12. The minimum Gasteiger partial charge on any atom is -0.550 e. The Bertz CT molecular complexity index is 966. The first-order valence-corrected chi connectivity index (χ1v) is 16.7. The van der Waals surface area contributed by atoms with Gasteiger partial charge >= 0.3 is 0 Å². The van der Waals surface area contributed by atoms with Crippen molar-refractivity contribution in [3.63, 3.8) is 0 Å². The molecule has 42 heavy (non-hydrogen) atoms. The number of hydrogen-bond donors (Lipinski definition) is 1. The van der Waals surface area contributed by atoms with Crippen LogP contribution in [0.4, 0.5) is 5.69 Å². The Labute approximate surface area is 257 Å². The van der Waals surface area contributed by atoms with E-state index in [2.05, 4.69) is 50.4 Å². The number of likely N-dealkylation sites (N-methyl/N-ethyl adjacent to an activating group) is 1. The van der Waals surface area contributed by atoms with E-state index < -0.39 is 5.97 Å². The molecular formula is C37H60N2O3. The van der Waals surface area contributed by atoms with Crippen LogP contribution >= 0.6 is 0 Å². The topological polar surface area (TPSA) is 69.2 Å². The monoisotopic (exact) mass is 580 g/mol. The molecule has 1 amide bonds. The van der Waals surface area contributed by atoms with Crippen molar-refractivity contribution in [2.75, 3.05) is 25.0 Å². The second-order valence-electron chi connectivity index (χ2n) is 12.0. The van der Waals surface area contributed by atoms with Gasteiger partial charge in [-0.05, 0) is 51.7 Å². The van der Waals surface area contributed by atoms with Crippen LogP contribution in [0.3, 0.4) is 0 Å². The van der Waals surface area contributed by atoms with Crippen molar-refractivity contribution in [1.82, 2.24) is 0 Å². The normalized spacial score (nSPS) is 11.1. The summed E-state index contributed by atoms with van der Waals surface area (Å²) < 4.78 is 0.765. The van der Waals surface area contributed by atoms with E-state index in [0.29, 0.717) is 6.54 Å². The van der Waals surface area contributed by atoms with Crippen molar-refractivity contribution in [2.45, 2.75) is 131 Å². The Hall–Kier alpha value is -2.66. The molecule has 2 aromatic carbocycles. The van der Waals surface area contributed by atoms with Gasteiger partial charge in [0.05, 0.1) is 13.1 Å². The van der Waals surface area contributed by atoms with Crippen molar-refractivity contribution in [3.05, 3.63) is 65.2 Å². The summed E-state index contributed by atoms with van der Waals surface area (Å²) in [4.78, 5) is 22.9. The highest BCUT2D eigenvalue weighted by Gasteiger charge is 2.27. The number of carbonyl (C=O) groups is 2. The highest BCUT2D eigenvalue weighted by atomic mass is 16.4. The third-order valence-corrected chi connectivity index (χ3v) is 8.41. The second kappa shape index (κ2) is 22.9. The zero-order chi connectivity index (χ0) is 31.1. The zero-order valence-corrected chi connectivity index (χ0v) is 27.5. The number of anilines is 1. The van der Waals surface area contributed by atoms with E-state index in [1.54, 1.807) is 0 Å². The molecule has 5 nitrogen and oxygen atoms in total. The van der Waals surface area contributed by atoms with Gasteiger partial charge in [0.15, 0.2) is 6.54 Å². The minimum absolute atomic E-state index is 0.0898. The van der Waals surface area contributed by atoms with Crippen LogP contribution in [0.2, 0.25) is 0 Å². The lowest BCUT2D eigenvalue weighted by atomic mass is 10.0. The van der Waals surface area contributed by atoms with Crippen LogP contribution in [0.5, 0.6) is 0 Å². The Morgan fingerprint density at radius 3 is 1.60 bits per heavy atom. The summed E-state index contributed by atoms with van der Waals surface area (Å²) in [6.45, 7) is 13.9. The molecular weight excluding hydrogens is 520 g/mol. The summed E-state index contributed by atoms with van der Waals surface area (Å²) in [5.41, 5.74) is 4.45. The van der Waals surface area contributed by atoms with E-state index in [4.69, 9.17) is 0 Å². The summed E-state index contributed by atoms with van der Waals surface area (Å²) in [5, 5.41) is 13.3. The minimum atomic E-state index is -0.905. The maximum atomic E-state index is 12.7. The number of carbonyl (C=O) groups excluding carboxylic acids is 2. The first-order valence-electron chi connectivity index (χ1n) is 16.7. The molecule has 0 heterocycles. The first kappa shape index (κ1) is 37.4. The summed E-state index contributed by atoms with van der Waals surface area (Å²) >= 11 is 0. The van der Waals surface area contributed by atoms with Crippen molar-refractivity contribution in [1.29, 1.82) is 0 Å². The lowest BCUT2D eigenvalue weighted by Gasteiger charge is -2.36. The molecule has 236 valence electrons. The van der Waals surface area contributed by atoms with E-state index >= 15 is 0 Å². The van der Waals surface area contributed by atoms with E-state index in [1.165, 1.54) is 76.2 Å². The van der Waals surface area contributed by atoms with E-state index in [9.17, 15) is 14.7 Å². The lowest BCUT2D eigenvalue weighted by molar-refractivity contribution is -0.930. The number of carboxylic acid groups (broad SMARTS) is 1. The van der Waals surface area contributed by atoms with Crippen LogP contribution in [0.1, 0.15) is 127 Å². The van der Waals surface area contributed by atoms with Crippen LogP contribution in [0, 0.1) is 13.8 Å². The lowest BCUT2D eigenvalue weighted by Crippen LogP contribution is -2.51. The average Bonchev–Trinajstić information content (AvgIpc) is 2.98. The molecule has 5 heteroatoms. The van der Waals surface area contributed by atoms with Crippen LogP contribution in [-0.4, -0.2) is 36.0 Å². The van der Waals surface area contributed by atoms with Gasteiger partial charge in [0.2, 0.25) is 0 Å². The van der Waals surface area contributed by atoms with Crippen molar-refractivity contribution < 1.29 is 19.2 Å². The molecule has 0 aliphatic carbocycles. The fourth-order valence-corrected chi connectivity index (χ4v) is 5.48. The molecule has 0 bridgehead atoms. The van der Waals surface area contributed by atoms with Crippen molar-refractivity contribution in [2.24, 2.45) is 0 Å². The van der Waals surface area contributed by atoms with Gasteiger partial charge in [0, 0.05) is 17.2 Å². The largest absolute Gasteiger partial charge is 0.550 e. The van der Waals surface area contributed by atoms with E-state index in [0.717, 1.165) is 53.8 Å². The molecule has 0 atom stereocenters. The zero-order valence-electron chi connectivity index (χ0n) is 27.5. The van der Waals surface area contributed by atoms with Gasteiger partial charge < -0.3 is 19.7 Å². The van der Waals surface area contributed by atoms with Crippen LogP contribution in [0.15, 0.2) is 48.5 Å². The predicted molar refractivity (Wildman–Crippen MR) is 176 cm³/mol. The van der Waals surface area contributed by atoms with Crippen molar-refractivity contribution >= 4 is 17.6 Å². The van der Waals surface area contributed by atoms with Crippen LogP contribution in [0.25, 0.3) is 0 Å². The molecule has 0 spiro atoms. The molecule has 0 aliphatic rings. The van der Waals surface area contributed by atoms with Gasteiger partial charge in [-0.3, -0.25) is 4.79 Å². The summed E-state index contributed by atoms with van der Waals surface area (Å²) in [5.74, 6) is -0.815. The molecule has 2 rings (SSSR count). The number of aliphatic carboxylic acids is 1. The molecule has 1 N–H and O–H groups in total. The molecule has 2 aromatic rings. The van der Waals surface area contributed by atoms with Gasteiger partial charge in [-0.1, -0.05) is 133 Å². The first-order chi connectivity index (χ1) is 20.3. The number of carboxylic acids is 1. The molecule has 0 saturated carbocycles. The van der Waals surface area contributed by atoms with Gasteiger partial charge in [-0.25, -0.2) is 0 Å². The molecule has 0 aromatic heterocycles. The molecule has 0 fully saturated rings. The van der Waals surface area contributed by atoms with Gasteiger partial charge in [0.1, 0.15) is 6.54 Å². The maximum absolute atomic E-state index is 12.7. The Morgan fingerprint density at radius 1 is 0.667 bits per heavy atom. The van der Waals surface area contributed by atoms with Gasteiger partial charge in [-0.15, -0.1) is 0 Å². The predicted octanol–water partition coefficient (Wildman–Crippen LogP) is 8.52. The molecule has 0 radical (unpaired) electrons. The SMILES string of the molecule is CCCCCCCCCCCCCCCC(=O)[O-].CC[N+](CC)(CC(=O)Nc1c(C)cccc1C)Cc1ccccc1. The summed E-state index contributed by atoms with van der Waals surface area (Å²) in [6, 6.07) is 16.5. The number of para-hydroxylation sites is 1. The summed E-state index contributed by atoms with van der Waals surface area (Å²) in [6.07, 6.45) is 16.9. The number of rotatable bonds is 21. The Morgan fingerprint density at radius 2 is 1.14 bits per heavy atom. The third kappa shape index (κ3) is 16.7. The number of hydrogen-bond acceptors (Lipinski definition) is 3. The van der Waals surface area contributed by atoms with Crippen molar-refractivity contribution in [3.8, 4) is 0 Å². The Kier molecular flexibility index (Phi) is 20.4. The molecule has 0 unspecified atom stereocenters. The number of amides is 1. The van der Waals surface area contributed by atoms with Gasteiger partial charge in [-0.2, -0.15) is 0 Å². The van der Waals surface area contributed by atoms with E-state index in [-0.39, 0.29) is 12.3 Å². The standard InChI is InChI=1S/C21H28N2O.C16H32O2/c1-5-23(6-2,15-19-13-8-7-9-14-19)16-20(24)22-21-17(3)11-10-12-18(21)4;1-2-3-4-5-6-7-8-9-10-11-12-13-14-15-16(17)18/h7-14H,5-6,15-16H2,1-4H3;2-15H2,1H3,(H,17,18).